The normalized spacial score (nSPS) is 11.0. The number of rotatable bonds is 4. The van der Waals surface area contributed by atoms with E-state index in [1.165, 1.54) is 18.2 Å². The third kappa shape index (κ3) is 3.57. The van der Waals surface area contributed by atoms with E-state index in [0.29, 0.717) is 6.54 Å². The summed E-state index contributed by atoms with van der Waals surface area (Å²) < 4.78 is 0. The van der Waals surface area contributed by atoms with Crippen molar-refractivity contribution in [2.24, 2.45) is 0 Å². The first-order chi connectivity index (χ1) is 9.18. The third-order valence-corrected chi connectivity index (χ3v) is 3.07. The van der Waals surface area contributed by atoms with E-state index in [9.17, 15) is 14.9 Å². The Morgan fingerprint density at radius 2 is 2.10 bits per heavy atom. The molecule has 0 N–H and O–H groups in total. The van der Waals surface area contributed by atoms with E-state index in [0.717, 1.165) is 0 Å². The lowest BCUT2D eigenvalue weighted by molar-refractivity contribution is -0.384. The van der Waals surface area contributed by atoms with Gasteiger partial charge in [-0.3, -0.25) is 14.9 Å². The summed E-state index contributed by atoms with van der Waals surface area (Å²) >= 11 is 5.98. The molecule has 0 spiro atoms. The number of hydrogen-bond donors (Lipinski definition) is 0. The molecule has 0 aromatic heterocycles. The Morgan fingerprint density at radius 1 is 1.50 bits per heavy atom. The third-order valence-electron chi connectivity index (χ3n) is 2.76. The van der Waals surface area contributed by atoms with Crippen molar-refractivity contribution in [2.75, 3.05) is 6.54 Å². The van der Waals surface area contributed by atoms with E-state index in [4.69, 9.17) is 11.6 Å². The number of carbonyl (C=O) groups is 1. The molecule has 108 valence electrons. The van der Waals surface area contributed by atoms with Crippen molar-refractivity contribution in [1.82, 2.24) is 4.90 Å². The Hall–Kier alpha value is -1.88. The molecule has 1 rings (SSSR count). The van der Waals surface area contributed by atoms with Crippen LogP contribution in [0.25, 0.3) is 0 Å². The molecule has 0 unspecified atom stereocenters. The number of carbonyl (C=O) groups excluding carboxylic acids is 1. The van der Waals surface area contributed by atoms with Crippen molar-refractivity contribution in [2.45, 2.75) is 26.3 Å². The Bertz CT molecular complexity index is 550. The number of nitro groups is 1. The molecule has 0 bridgehead atoms. The number of nitrogens with zero attached hydrogens (tertiary/aromatic N) is 2. The summed E-state index contributed by atoms with van der Waals surface area (Å²) in [6.07, 6.45) is 1.63. The van der Waals surface area contributed by atoms with Gasteiger partial charge in [0, 0.05) is 24.2 Å². The smallest absolute Gasteiger partial charge is 0.270 e. The summed E-state index contributed by atoms with van der Waals surface area (Å²) in [6, 6.07) is 3.84. The highest BCUT2D eigenvalue weighted by molar-refractivity contribution is 6.34. The molecule has 0 aliphatic rings. The Balaban J connectivity index is 3.19. The van der Waals surface area contributed by atoms with E-state index in [-0.39, 0.29) is 22.2 Å². The van der Waals surface area contributed by atoms with Gasteiger partial charge in [-0.15, -0.1) is 6.58 Å². The fraction of sp³-hybridized carbons (Fsp3) is 0.357. The predicted octanol–water partition coefficient (Wildman–Crippen LogP) is 3.67. The molecule has 1 aromatic carbocycles. The Kier molecular flexibility index (Phi) is 4.89. The molecule has 0 heterocycles. The summed E-state index contributed by atoms with van der Waals surface area (Å²) in [5.74, 6) is -0.280. The van der Waals surface area contributed by atoms with Crippen LogP contribution in [0, 0.1) is 10.1 Å². The molecule has 0 aliphatic carbocycles. The second kappa shape index (κ2) is 6.05. The zero-order chi connectivity index (χ0) is 15.5. The molecular weight excluding hydrogens is 280 g/mol. The van der Waals surface area contributed by atoms with Gasteiger partial charge in [-0.25, -0.2) is 0 Å². The van der Waals surface area contributed by atoms with Crippen molar-refractivity contribution in [1.29, 1.82) is 0 Å². The maximum atomic E-state index is 12.5. The molecule has 5 nitrogen and oxygen atoms in total. The van der Waals surface area contributed by atoms with Crippen LogP contribution in [0.3, 0.4) is 0 Å². The number of halogens is 1. The number of hydrogen-bond acceptors (Lipinski definition) is 3. The largest absolute Gasteiger partial charge is 0.330 e. The number of nitro benzene ring substituents is 1. The molecule has 0 saturated carbocycles. The van der Waals surface area contributed by atoms with Crippen LogP contribution in [0.15, 0.2) is 30.9 Å². The molecule has 1 aromatic rings. The topological polar surface area (TPSA) is 63.5 Å². The molecule has 20 heavy (non-hydrogen) atoms. The molecule has 6 heteroatoms. The lowest BCUT2D eigenvalue weighted by Crippen LogP contribution is -2.45. The predicted molar refractivity (Wildman–Crippen MR) is 79.1 cm³/mol. The number of non-ortho nitro benzene ring substituents is 1. The minimum Gasteiger partial charge on any atom is -0.330 e. The van der Waals surface area contributed by atoms with Crippen LogP contribution in [0.1, 0.15) is 31.1 Å². The van der Waals surface area contributed by atoms with Crippen LogP contribution < -0.4 is 0 Å². The van der Waals surface area contributed by atoms with E-state index in [1.54, 1.807) is 11.0 Å². The highest BCUT2D eigenvalue weighted by Crippen LogP contribution is 2.26. The Morgan fingerprint density at radius 3 is 2.50 bits per heavy atom. The van der Waals surface area contributed by atoms with E-state index >= 15 is 0 Å². The maximum Gasteiger partial charge on any atom is 0.270 e. The summed E-state index contributed by atoms with van der Waals surface area (Å²) in [5.41, 5.74) is -0.303. The van der Waals surface area contributed by atoms with E-state index in [1.807, 2.05) is 20.8 Å². The molecule has 0 saturated heterocycles. The van der Waals surface area contributed by atoms with Gasteiger partial charge in [0.2, 0.25) is 0 Å². The second-order valence-electron chi connectivity index (χ2n) is 5.30. The minimum atomic E-state index is -0.550. The van der Waals surface area contributed by atoms with Crippen LogP contribution in [0.5, 0.6) is 0 Å². The second-order valence-corrected chi connectivity index (χ2v) is 5.70. The number of amides is 1. The fourth-order valence-electron chi connectivity index (χ4n) is 1.73. The first-order valence-corrected chi connectivity index (χ1v) is 6.43. The van der Waals surface area contributed by atoms with Crippen molar-refractivity contribution in [3.05, 3.63) is 51.6 Å². The van der Waals surface area contributed by atoms with Gasteiger partial charge in [0.1, 0.15) is 0 Å². The van der Waals surface area contributed by atoms with Gasteiger partial charge >= 0.3 is 0 Å². The average Bonchev–Trinajstić information content (AvgIpc) is 2.33. The fourth-order valence-corrected chi connectivity index (χ4v) is 1.98. The van der Waals surface area contributed by atoms with Gasteiger partial charge in [-0.2, -0.15) is 0 Å². The first kappa shape index (κ1) is 16.2. The molecule has 0 fully saturated rings. The average molecular weight is 297 g/mol. The molecule has 1 amide bonds. The molecule has 0 aliphatic heterocycles. The van der Waals surface area contributed by atoms with Crippen molar-refractivity contribution < 1.29 is 9.72 Å². The molecule has 0 radical (unpaired) electrons. The van der Waals surface area contributed by atoms with Gasteiger partial charge in [0.15, 0.2) is 0 Å². The van der Waals surface area contributed by atoms with Crippen LogP contribution in [-0.4, -0.2) is 27.8 Å². The maximum absolute atomic E-state index is 12.5. The zero-order valence-corrected chi connectivity index (χ0v) is 12.5. The highest BCUT2D eigenvalue weighted by atomic mass is 35.5. The van der Waals surface area contributed by atoms with Crippen molar-refractivity contribution in [3.8, 4) is 0 Å². The van der Waals surface area contributed by atoms with Crippen LogP contribution in [0.2, 0.25) is 5.02 Å². The lowest BCUT2D eigenvalue weighted by Gasteiger charge is -2.35. The monoisotopic (exact) mass is 296 g/mol. The van der Waals surface area contributed by atoms with Gasteiger partial charge in [0.25, 0.3) is 11.6 Å². The standard InChI is InChI=1S/C14H17ClN2O3/c1-5-8-16(14(2,3)4)13(18)11-7-6-10(17(19)20)9-12(11)15/h5-7,9H,1,8H2,2-4H3. The molecule has 0 atom stereocenters. The SMILES string of the molecule is C=CCN(C(=O)c1ccc([N+](=O)[O-])cc1Cl)C(C)(C)C. The lowest BCUT2D eigenvalue weighted by atomic mass is 10.0. The summed E-state index contributed by atoms with van der Waals surface area (Å²) in [4.78, 5) is 24.2. The van der Waals surface area contributed by atoms with E-state index in [2.05, 4.69) is 6.58 Å². The number of benzene rings is 1. The van der Waals surface area contributed by atoms with Crippen LogP contribution in [0.4, 0.5) is 5.69 Å². The van der Waals surface area contributed by atoms with Gasteiger partial charge < -0.3 is 4.90 Å². The Labute approximate surface area is 123 Å². The van der Waals surface area contributed by atoms with Crippen LogP contribution in [-0.2, 0) is 0 Å². The van der Waals surface area contributed by atoms with Crippen LogP contribution >= 0.6 is 11.6 Å². The van der Waals surface area contributed by atoms with E-state index < -0.39 is 10.5 Å². The summed E-state index contributed by atoms with van der Waals surface area (Å²) in [6.45, 7) is 9.69. The van der Waals surface area contributed by atoms with Gasteiger partial charge in [0.05, 0.1) is 15.5 Å². The zero-order valence-electron chi connectivity index (χ0n) is 11.7. The minimum absolute atomic E-state index is 0.0718. The van der Waals surface area contributed by atoms with Gasteiger partial charge in [-0.05, 0) is 26.8 Å². The first-order valence-electron chi connectivity index (χ1n) is 6.05. The summed E-state index contributed by atoms with van der Waals surface area (Å²) in [7, 11) is 0. The van der Waals surface area contributed by atoms with Crippen molar-refractivity contribution in [3.63, 3.8) is 0 Å². The van der Waals surface area contributed by atoms with Gasteiger partial charge in [-0.1, -0.05) is 17.7 Å². The highest BCUT2D eigenvalue weighted by Gasteiger charge is 2.28. The quantitative estimate of drug-likeness (QED) is 0.484. The molecular formula is C14H17ClN2O3. The summed E-state index contributed by atoms with van der Waals surface area (Å²) in [5, 5.41) is 10.7. The van der Waals surface area contributed by atoms with Crippen molar-refractivity contribution >= 4 is 23.2 Å².